The molecule has 1 aromatic rings. The third-order valence-electron chi connectivity index (χ3n) is 4.48. The summed E-state index contributed by atoms with van der Waals surface area (Å²) in [5.41, 5.74) is 2.30. The molecule has 2 unspecified atom stereocenters. The van der Waals surface area contributed by atoms with Crippen LogP contribution in [0.2, 0.25) is 0 Å². The molecular weight excluding hydrogens is 251 g/mol. The lowest BCUT2D eigenvalue weighted by molar-refractivity contribution is 0.0898. The Morgan fingerprint density at radius 2 is 2.15 bits per heavy atom. The molecule has 2 rings (SSSR count). The molecule has 112 valence electrons. The first-order valence-corrected chi connectivity index (χ1v) is 7.73. The van der Waals surface area contributed by atoms with E-state index in [-0.39, 0.29) is 5.82 Å². The monoisotopic (exact) mass is 278 g/mol. The molecule has 2 nitrogen and oxygen atoms in total. The van der Waals surface area contributed by atoms with Crippen molar-refractivity contribution < 1.29 is 4.39 Å². The van der Waals surface area contributed by atoms with Gasteiger partial charge in [-0.15, -0.1) is 0 Å². The van der Waals surface area contributed by atoms with Gasteiger partial charge >= 0.3 is 0 Å². The van der Waals surface area contributed by atoms with Crippen LogP contribution in [-0.2, 0) is 6.54 Å². The van der Waals surface area contributed by atoms with E-state index < -0.39 is 0 Å². The summed E-state index contributed by atoms with van der Waals surface area (Å²) in [5.74, 6) is 0.486. The van der Waals surface area contributed by atoms with Crippen molar-refractivity contribution in [2.45, 2.75) is 52.7 Å². The highest BCUT2D eigenvalue weighted by atomic mass is 19.1. The molecule has 1 N–H and O–H groups in total. The van der Waals surface area contributed by atoms with E-state index in [1.165, 1.54) is 5.56 Å². The third kappa shape index (κ3) is 3.58. The molecule has 1 aromatic carbocycles. The van der Waals surface area contributed by atoms with Gasteiger partial charge in [0.1, 0.15) is 5.82 Å². The molecule has 3 heteroatoms. The summed E-state index contributed by atoms with van der Waals surface area (Å²) in [7, 11) is 0. The average Bonchev–Trinajstić information content (AvgIpc) is 2.41. The van der Waals surface area contributed by atoms with E-state index >= 15 is 0 Å². The van der Waals surface area contributed by atoms with E-state index in [9.17, 15) is 4.39 Å². The Balaban J connectivity index is 2.14. The maximum absolute atomic E-state index is 13.2. The van der Waals surface area contributed by atoms with Crippen molar-refractivity contribution in [1.82, 2.24) is 10.2 Å². The molecule has 0 spiro atoms. The predicted octanol–water partition coefficient (Wildman–Crippen LogP) is 3.34. The zero-order valence-corrected chi connectivity index (χ0v) is 13.1. The molecule has 1 fully saturated rings. The normalized spacial score (nSPS) is 24.3. The van der Waals surface area contributed by atoms with Gasteiger partial charge in [0.15, 0.2) is 0 Å². The Hall–Kier alpha value is -0.930. The van der Waals surface area contributed by atoms with Crippen LogP contribution in [-0.4, -0.2) is 30.1 Å². The second-order valence-corrected chi connectivity index (χ2v) is 6.33. The molecular formula is C17H27FN2. The Morgan fingerprint density at radius 1 is 1.40 bits per heavy atom. The SMILES string of the molecule is CCC1CN(Cc2ccc(F)cc2C)C(C(C)C)CN1. The quantitative estimate of drug-likeness (QED) is 0.908. The number of halogens is 1. The van der Waals surface area contributed by atoms with Crippen molar-refractivity contribution in [3.8, 4) is 0 Å². The fraction of sp³-hybridized carbons (Fsp3) is 0.647. The molecule has 0 amide bonds. The summed E-state index contributed by atoms with van der Waals surface area (Å²) in [6.45, 7) is 11.9. The Kier molecular flexibility index (Phi) is 5.17. The van der Waals surface area contributed by atoms with Gasteiger partial charge in [-0.3, -0.25) is 4.90 Å². The molecule has 0 aliphatic carbocycles. The van der Waals surface area contributed by atoms with Gasteiger partial charge in [0.2, 0.25) is 0 Å². The van der Waals surface area contributed by atoms with Crippen molar-refractivity contribution in [2.75, 3.05) is 13.1 Å². The standard InChI is InChI=1S/C17H27FN2/c1-5-16-11-20(17(9-19-16)12(2)3)10-14-6-7-15(18)8-13(14)4/h6-8,12,16-17,19H,5,9-11H2,1-4H3. The van der Waals surface area contributed by atoms with Gasteiger partial charge in [0.05, 0.1) is 0 Å². The van der Waals surface area contributed by atoms with E-state index in [1.807, 2.05) is 13.0 Å². The first-order chi connectivity index (χ1) is 9.51. The number of hydrogen-bond donors (Lipinski definition) is 1. The van der Waals surface area contributed by atoms with E-state index in [1.54, 1.807) is 12.1 Å². The second kappa shape index (κ2) is 6.68. The number of nitrogens with zero attached hydrogens (tertiary/aromatic N) is 1. The number of piperazine rings is 1. The summed E-state index contributed by atoms with van der Waals surface area (Å²) in [4.78, 5) is 2.57. The minimum atomic E-state index is -0.140. The second-order valence-electron chi connectivity index (χ2n) is 6.33. The average molecular weight is 278 g/mol. The molecule has 1 heterocycles. The highest BCUT2D eigenvalue weighted by Gasteiger charge is 2.29. The van der Waals surface area contributed by atoms with Crippen LogP contribution < -0.4 is 5.32 Å². The van der Waals surface area contributed by atoms with E-state index in [2.05, 4.69) is 31.0 Å². The van der Waals surface area contributed by atoms with Crippen LogP contribution in [0, 0.1) is 18.7 Å². The maximum atomic E-state index is 13.2. The summed E-state index contributed by atoms with van der Waals surface area (Å²) >= 11 is 0. The van der Waals surface area contributed by atoms with Crippen molar-refractivity contribution in [3.63, 3.8) is 0 Å². The van der Waals surface area contributed by atoms with Gasteiger partial charge in [0.25, 0.3) is 0 Å². The maximum Gasteiger partial charge on any atom is 0.123 e. The summed E-state index contributed by atoms with van der Waals surface area (Å²) < 4.78 is 13.2. The minimum Gasteiger partial charge on any atom is -0.311 e. The lowest BCUT2D eigenvalue weighted by atomic mass is 9.96. The van der Waals surface area contributed by atoms with Crippen molar-refractivity contribution >= 4 is 0 Å². The van der Waals surface area contributed by atoms with Crippen molar-refractivity contribution in [2.24, 2.45) is 5.92 Å². The van der Waals surface area contributed by atoms with Gasteiger partial charge in [-0.25, -0.2) is 4.39 Å². The number of nitrogens with one attached hydrogen (secondary N) is 1. The van der Waals surface area contributed by atoms with Crippen LogP contribution in [0.25, 0.3) is 0 Å². The van der Waals surface area contributed by atoms with Crippen molar-refractivity contribution in [1.29, 1.82) is 0 Å². The third-order valence-corrected chi connectivity index (χ3v) is 4.48. The van der Waals surface area contributed by atoms with Crippen LogP contribution in [0.5, 0.6) is 0 Å². The molecule has 2 atom stereocenters. The largest absolute Gasteiger partial charge is 0.311 e. The fourth-order valence-corrected chi connectivity index (χ4v) is 3.07. The first-order valence-electron chi connectivity index (χ1n) is 7.73. The predicted molar refractivity (Wildman–Crippen MR) is 82.3 cm³/mol. The van der Waals surface area contributed by atoms with E-state index in [0.717, 1.165) is 31.6 Å². The number of benzene rings is 1. The van der Waals surface area contributed by atoms with Gasteiger partial charge < -0.3 is 5.32 Å². The zero-order chi connectivity index (χ0) is 14.7. The van der Waals surface area contributed by atoms with Gasteiger partial charge in [-0.1, -0.05) is 26.8 Å². The molecule has 0 radical (unpaired) electrons. The zero-order valence-electron chi connectivity index (χ0n) is 13.1. The molecule has 1 aliphatic rings. The van der Waals surface area contributed by atoms with Crippen LogP contribution in [0.15, 0.2) is 18.2 Å². The molecule has 0 aromatic heterocycles. The van der Waals surface area contributed by atoms with Crippen LogP contribution in [0.4, 0.5) is 4.39 Å². The molecule has 1 saturated heterocycles. The first kappa shape index (κ1) is 15.5. The molecule has 0 bridgehead atoms. The van der Waals surface area contributed by atoms with Crippen LogP contribution >= 0.6 is 0 Å². The lowest BCUT2D eigenvalue weighted by Gasteiger charge is -2.42. The Bertz CT molecular complexity index is 445. The minimum absolute atomic E-state index is 0.140. The molecule has 20 heavy (non-hydrogen) atoms. The highest BCUT2D eigenvalue weighted by Crippen LogP contribution is 2.21. The number of rotatable bonds is 4. The van der Waals surface area contributed by atoms with E-state index in [4.69, 9.17) is 0 Å². The van der Waals surface area contributed by atoms with E-state index in [0.29, 0.717) is 18.0 Å². The van der Waals surface area contributed by atoms with Gasteiger partial charge in [-0.05, 0) is 42.5 Å². The topological polar surface area (TPSA) is 15.3 Å². The summed E-state index contributed by atoms with van der Waals surface area (Å²) in [6.07, 6.45) is 1.16. The number of aryl methyl sites for hydroxylation is 1. The van der Waals surface area contributed by atoms with Gasteiger partial charge in [0, 0.05) is 31.7 Å². The summed E-state index contributed by atoms with van der Waals surface area (Å²) in [5, 5.41) is 3.64. The Labute approximate surface area is 122 Å². The molecule has 1 aliphatic heterocycles. The van der Waals surface area contributed by atoms with Crippen LogP contribution in [0.3, 0.4) is 0 Å². The highest BCUT2D eigenvalue weighted by molar-refractivity contribution is 5.26. The number of hydrogen-bond acceptors (Lipinski definition) is 2. The smallest absolute Gasteiger partial charge is 0.123 e. The lowest BCUT2D eigenvalue weighted by Crippen LogP contribution is -2.57. The van der Waals surface area contributed by atoms with Crippen molar-refractivity contribution in [3.05, 3.63) is 35.1 Å². The molecule has 0 saturated carbocycles. The summed E-state index contributed by atoms with van der Waals surface area (Å²) in [6, 6.07) is 6.28. The van der Waals surface area contributed by atoms with Gasteiger partial charge in [-0.2, -0.15) is 0 Å². The fourth-order valence-electron chi connectivity index (χ4n) is 3.07. The van der Waals surface area contributed by atoms with Crippen LogP contribution in [0.1, 0.15) is 38.3 Å². The Morgan fingerprint density at radius 3 is 2.75 bits per heavy atom.